The Kier molecular flexibility index (Phi) is 10.5. The molecule has 0 saturated carbocycles. The van der Waals surface area contributed by atoms with Crippen LogP contribution in [0, 0.1) is 0 Å². The minimum atomic E-state index is -0.556. The summed E-state index contributed by atoms with van der Waals surface area (Å²) in [5.41, 5.74) is 2.47. The Labute approximate surface area is 255 Å². The van der Waals surface area contributed by atoms with Crippen LogP contribution in [0.25, 0.3) is 12.2 Å². The van der Waals surface area contributed by atoms with Crippen molar-refractivity contribution in [3.63, 3.8) is 0 Å². The summed E-state index contributed by atoms with van der Waals surface area (Å²) in [4.78, 5) is 39.2. The average Bonchev–Trinajstić information content (AvgIpc) is 3.07. The van der Waals surface area contributed by atoms with Crippen LogP contribution in [0.3, 0.4) is 0 Å². The normalized spacial score (nSPS) is 11.0. The van der Waals surface area contributed by atoms with Crippen molar-refractivity contribution in [1.82, 2.24) is 5.32 Å². The van der Waals surface area contributed by atoms with Gasteiger partial charge in [0, 0.05) is 34.0 Å². The molecule has 0 fully saturated rings. The summed E-state index contributed by atoms with van der Waals surface area (Å²) < 4.78 is 21.5. The summed E-state index contributed by atoms with van der Waals surface area (Å²) >= 11 is 0. The van der Waals surface area contributed by atoms with E-state index >= 15 is 0 Å². The first-order valence-corrected chi connectivity index (χ1v) is 13.5. The topological polar surface area (TPSA) is 112 Å². The second kappa shape index (κ2) is 14.9. The smallest absolute Gasteiger partial charge is 0.272 e. The first-order valence-electron chi connectivity index (χ1n) is 13.5. The molecule has 2 N–H and O–H groups in total. The zero-order valence-electron chi connectivity index (χ0n) is 24.8. The van der Waals surface area contributed by atoms with Crippen LogP contribution in [-0.2, 0) is 4.79 Å². The number of methoxy groups -OCH3 is 4. The molecular formula is C35H32N2O7. The van der Waals surface area contributed by atoms with E-state index < -0.39 is 11.8 Å². The van der Waals surface area contributed by atoms with Gasteiger partial charge < -0.3 is 29.6 Å². The van der Waals surface area contributed by atoms with Gasteiger partial charge in [0.15, 0.2) is 17.3 Å². The molecule has 0 radical (unpaired) electrons. The van der Waals surface area contributed by atoms with Crippen LogP contribution in [0.4, 0.5) is 5.69 Å². The fourth-order valence-corrected chi connectivity index (χ4v) is 4.24. The molecule has 4 rings (SSSR count). The number of amides is 2. The van der Waals surface area contributed by atoms with Gasteiger partial charge in [0.1, 0.15) is 17.2 Å². The maximum absolute atomic E-state index is 13.4. The number of carbonyl (C=O) groups excluding carboxylic acids is 3. The zero-order valence-corrected chi connectivity index (χ0v) is 24.8. The lowest BCUT2D eigenvalue weighted by atomic mass is 10.1. The number of allylic oxidation sites excluding steroid dienone is 1. The number of hydrogen-bond acceptors (Lipinski definition) is 7. The fraction of sp³-hybridized carbons (Fsp3) is 0.114. The van der Waals surface area contributed by atoms with Crippen molar-refractivity contribution in [3.05, 3.63) is 125 Å². The molecule has 0 aliphatic heterocycles. The van der Waals surface area contributed by atoms with Crippen molar-refractivity contribution >= 4 is 35.4 Å². The van der Waals surface area contributed by atoms with E-state index in [1.807, 2.05) is 0 Å². The molecule has 0 saturated heterocycles. The molecular weight excluding hydrogens is 560 g/mol. The number of nitrogens with one attached hydrogen (secondary N) is 2. The summed E-state index contributed by atoms with van der Waals surface area (Å²) in [6, 6.07) is 25.5. The largest absolute Gasteiger partial charge is 0.496 e. The van der Waals surface area contributed by atoms with Gasteiger partial charge in [-0.2, -0.15) is 0 Å². The Morgan fingerprint density at radius 2 is 1.23 bits per heavy atom. The van der Waals surface area contributed by atoms with E-state index in [0.717, 1.165) is 0 Å². The second-order valence-corrected chi connectivity index (χ2v) is 9.30. The Morgan fingerprint density at radius 3 is 1.89 bits per heavy atom. The average molecular weight is 593 g/mol. The third-order valence-corrected chi connectivity index (χ3v) is 6.55. The van der Waals surface area contributed by atoms with Crippen LogP contribution >= 0.6 is 0 Å². The summed E-state index contributed by atoms with van der Waals surface area (Å²) in [7, 11) is 6.10. The SMILES string of the molecule is COc1ccccc1/C=C(\NC(=O)c1ccccc1)C(=O)Nc1ccc(C(=O)/C=C/c2cc(OC)c(OC)cc2OC)cc1. The first-order chi connectivity index (χ1) is 21.4. The van der Waals surface area contributed by atoms with Gasteiger partial charge in [0.25, 0.3) is 11.8 Å². The van der Waals surface area contributed by atoms with Crippen molar-refractivity contribution in [2.75, 3.05) is 33.8 Å². The summed E-state index contributed by atoms with van der Waals surface area (Å²) in [5.74, 6) is 0.798. The van der Waals surface area contributed by atoms with Crippen LogP contribution in [0.5, 0.6) is 23.0 Å². The highest BCUT2D eigenvalue weighted by Gasteiger charge is 2.17. The third kappa shape index (κ3) is 7.71. The van der Waals surface area contributed by atoms with Gasteiger partial charge in [0.2, 0.25) is 0 Å². The molecule has 0 aliphatic carbocycles. The lowest BCUT2D eigenvalue weighted by molar-refractivity contribution is -0.113. The van der Waals surface area contributed by atoms with Crippen LogP contribution in [0.15, 0.2) is 103 Å². The van der Waals surface area contributed by atoms with Crippen molar-refractivity contribution in [2.24, 2.45) is 0 Å². The number of hydrogen-bond donors (Lipinski definition) is 2. The monoisotopic (exact) mass is 592 g/mol. The Hall–Kier alpha value is -5.83. The highest BCUT2D eigenvalue weighted by Crippen LogP contribution is 2.35. The number of ketones is 1. The van der Waals surface area contributed by atoms with E-state index in [1.54, 1.807) is 103 Å². The molecule has 0 bridgehead atoms. The summed E-state index contributed by atoms with van der Waals surface area (Å²) in [5, 5.41) is 5.49. The Balaban J connectivity index is 1.52. The minimum absolute atomic E-state index is 0.00954. The van der Waals surface area contributed by atoms with E-state index in [2.05, 4.69) is 10.6 Å². The van der Waals surface area contributed by atoms with E-state index in [1.165, 1.54) is 34.5 Å². The van der Waals surface area contributed by atoms with E-state index in [-0.39, 0.29) is 11.5 Å². The van der Waals surface area contributed by atoms with E-state index in [0.29, 0.717) is 50.9 Å². The molecule has 9 heteroatoms. The van der Waals surface area contributed by atoms with Crippen molar-refractivity contribution in [1.29, 1.82) is 0 Å². The van der Waals surface area contributed by atoms with Crippen LogP contribution in [0.2, 0.25) is 0 Å². The van der Waals surface area contributed by atoms with Gasteiger partial charge in [-0.1, -0.05) is 36.4 Å². The lowest BCUT2D eigenvalue weighted by Crippen LogP contribution is -2.30. The minimum Gasteiger partial charge on any atom is -0.496 e. The van der Waals surface area contributed by atoms with Crippen molar-refractivity contribution < 1.29 is 33.3 Å². The van der Waals surface area contributed by atoms with Crippen LogP contribution < -0.4 is 29.6 Å². The van der Waals surface area contributed by atoms with Crippen LogP contribution in [-0.4, -0.2) is 46.0 Å². The maximum atomic E-state index is 13.4. The fourth-order valence-electron chi connectivity index (χ4n) is 4.24. The number of rotatable bonds is 12. The molecule has 0 unspecified atom stereocenters. The van der Waals surface area contributed by atoms with E-state index in [4.69, 9.17) is 18.9 Å². The number of benzene rings is 4. The van der Waals surface area contributed by atoms with Crippen molar-refractivity contribution in [3.8, 4) is 23.0 Å². The zero-order chi connectivity index (χ0) is 31.5. The Morgan fingerprint density at radius 1 is 0.614 bits per heavy atom. The standard InChI is InChI=1S/C35H32N2O7/c1-41-30-13-9-8-12-25(30)20-28(37-34(39)24-10-6-5-7-11-24)35(40)36-27-17-14-23(15-18-27)29(38)19-16-26-21-32(43-3)33(44-4)22-31(26)42-2/h5-22H,1-4H3,(H,36,40)(H,37,39)/b19-16+,28-20-. The maximum Gasteiger partial charge on any atom is 0.272 e. The molecule has 2 amide bonds. The molecule has 44 heavy (non-hydrogen) atoms. The highest BCUT2D eigenvalue weighted by molar-refractivity contribution is 6.11. The van der Waals surface area contributed by atoms with Gasteiger partial charge in [-0.05, 0) is 66.8 Å². The third-order valence-electron chi connectivity index (χ3n) is 6.55. The highest BCUT2D eigenvalue weighted by atomic mass is 16.5. The molecule has 0 heterocycles. The predicted molar refractivity (Wildman–Crippen MR) is 169 cm³/mol. The molecule has 0 spiro atoms. The van der Waals surface area contributed by atoms with Gasteiger partial charge in [0.05, 0.1) is 28.4 Å². The molecule has 224 valence electrons. The predicted octanol–water partition coefficient (Wildman–Crippen LogP) is 6.03. The number of para-hydroxylation sites is 1. The van der Waals surface area contributed by atoms with Gasteiger partial charge >= 0.3 is 0 Å². The lowest BCUT2D eigenvalue weighted by Gasteiger charge is -2.13. The molecule has 4 aromatic carbocycles. The molecule has 0 atom stereocenters. The van der Waals surface area contributed by atoms with Crippen LogP contribution in [0.1, 0.15) is 31.8 Å². The first kappa shape index (κ1) is 31.1. The van der Waals surface area contributed by atoms with Gasteiger partial charge in [-0.15, -0.1) is 0 Å². The molecule has 0 aliphatic rings. The number of anilines is 1. The summed E-state index contributed by atoms with van der Waals surface area (Å²) in [6.45, 7) is 0. The van der Waals surface area contributed by atoms with Gasteiger partial charge in [-0.3, -0.25) is 14.4 Å². The number of carbonyl (C=O) groups is 3. The van der Waals surface area contributed by atoms with E-state index in [9.17, 15) is 14.4 Å². The molecule has 0 aromatic heterocycles. The second-order valence-electron chi connectivity index (χ2n) is 9.30. The quantitative estimate of drug-likeness (QED) is 0.153. The summed E-state index contributed by atoms with van der Waals surface area (Å²) in [6.07, 6.45) is 4.59. The Bertz CT molecular complexity index is 1690. The van der Waals surface area contributed by atoms with Gasteiger partial charge in [-0.25, -0.2) is 0 Å². The molecule has 9 nitrogen and oxygen atoms in total. The number of ether oxygens (including phenoxy) is 4. The van der Waals surface area contributed by atoms with Crippen molar-refractivity contribution in [2.45, 2.75) is 0 Å². The molecule has 4 aromatic rings.